The smallest absolute Gasteiger partial charge is 0.362 e. The molecule has 0 amide bonds. The molecule has 0 atom stereocenters. The van der Waals surface area contributed by atoms with Crippen LogP contribution in [0.1, 0.15) is 11.1 Å². The lowest BCUT2D eigenvalue weighted by Gasteiger charge is -2.14. The Morgan fingerprint density at radius 1 is 1.16 bits per heavy atom. The summed E-state index contributed by atoms with van der Waals surface area (Å²) in [5.41, 5.74) is 0.548. The first-order valence-corrected chi connectivity index (χ1v) is 9.14. The SMILES string of the molecule is Cc1ccc(SCCNC(=S)Nc2ccc(Cl)c(C(F)(F)F)c2)cc1. The third-order valence-electron chi connectivity index (χ3n) is 3.21. The van der Waals surface area contributed by atoms with Crippen molar-refractivity contribution >= 4 is 46.4 Å². The van der Waals surface area contributed by atoms with Crippen molar-refractivity contribution in [2.24, 2.45) is 0 Å². The van der Waals surface area contributed by atoms with Crippen LogP contribution >= 0.6 is 35.6 Å². The Bertz CT molecular complexity index is 734. The number of halogens is 4. The Morgan fingerprint density at radius 3 is 2.48 bits per heavy atom. The van der Waals surface area contributed by atoms with Crippen LogP contribution in [-0.2, 0) is 6.18 Å². The number of thiocarbonyl (C=S) groups is 1. The Morgan fingerprint density at radius 2 is 1.84 bits per heavy atom. The van der Waals surface area contributed by atoms with E-state index in [2.05, 4.69) is 10.6 Å². The number of alkyl halides is 3. The van der Waals surface area contributed by atoms with Crippen molar-refractivity contribution in [3.63, 3.8) is 0 Å². The summed E-state index contributed by atoms with van der Waals surface area (Å²) in [6.45, 7) is 2.62. The molecule has 2 nitrogen and oxygen atoms in total. The topological polar surface area (TPSA) is 24.1 Å². The van der Waals surface area contributed by atoms with Gasteiger partial charge in [-0.25, -0.2) is 0 Å². The van der Waals surface area contributed by atoms with Gasteiger partial charge in [-0.3, -0.25) is 0 Å². The van der Waals surface area contributed by atoms with Crippen molar-refractivity contribution in [1.82, 2.24) is 5.32 Å². The third kappa shape index (κ3) is 6.41. The number of benzene rings is 2. The highest BCUT2D eigenvalue weighted by atomic mass is 35.5. The largest absolute Gasteiger partial charge is 0.417 e. The Balaban J connectivity index is 1.81. The maximum Gasteiger partial charge on any atom is 0.417 e. The number of nitrogens with one attached hydrogen (secondary N) is 2. The number of aryl methyl sites for hydroxylation is 1. The van der Waals surface area contributed by atoms with Crippen LogP contribution < -0.4 is 10.6 Å². The molecular formula is C17H16ClF3N2S2. The van der Waals surface area contributed by atoms with Gasteiger partial charge in [0.2, 0.25) is 0 Å². The van der Waals surface area contributed by atoms with Gasteiger partial charge < -0.3 is 10.6 Å². The molecule has 0 unspecified atom stereocenters. The maximum atomic E-state index is 12.8. The summed E-state index contributed by atoms with van der Waals surface area (Å²) in [5.74, 6) is 0.777. The van der Waals surface area contributed by atoms with Gasteiger partial charge in [0.25, 0.3) is 0 Å². The van der Waals surface area contributed by atoms with Crippen molar-refractivity contribution in [2.45, 2.75) is 18.0 Å². The van der Waals surface area contributed by atoms with E-state index in [1.807, 2.05) is 31.2 Å². The average molecular weight is 405 g/mol. The molecule has 2 aromatic carbocycles. The molecule has 0 heterocycles. The van der Waals surface area contributed by atoms with Gasteiger partial charge in [-0.1, -0.05) is 29.3 Å². The van der Waals surface area contributed by atoms with Crippen LogP contribution in [0.2, 0.25) is 5.02 Å². The predicted octanol–water partition coefficient (Wildman–Crippen LogP) is 5.75. The Kier molecular flexibility index (Phi) is 6.98. The maximum absolute atomic E-state index is 12.8. The molecule has 25 heavy (non-hydrogen) atoms. The monoisotopic (exact) mass is 404 g/mol. The molecule has 0 radical (unpaired) electrons. The number of hydrogen-bond acceptors (Lipinski definition) is 2. The molecule has 0 bridgehead atoms. The van der Waals surface area contributed by atoms with Gasteiger partial charge in [-0.2, -0.15) is 13.2 Å². The van der Waals surface area contributed by atoms with Crippen molar-refractivity contribution < 1.29 is 13.2 Å². The Hall–Kier alpha value is -1.44. The summed E-state index contributed by atoms with van der Waals surface area (Å²) in [7, 11) is 0. The molecule has 0 saturated carbocycles. The predicted molar refractivity (Wildman–Crippen MR) is 103 cm³/mol. The van der Waals surface area contributed by atoms with Gasteiger partial charge in [0.05, 0.1) is 10.6 Å². The summed E-state index contributed by atoms with van der Waals surface area (Å²) in [4.78, 5) is 1.15. The van der Waals surface area contributed by atoms with Crippen LogP contribution in [0.25, 0.3) is 0 Å². The molecule has 0 aliphatic carbocycles. The van der Waals surface area contributed by atoms with Crippen LogP contribution in [0.5, 0.6) is 0 Å². The molecule has 0 aliphatic heterocycles. The second kappa shape index (κ2) is 8.78. The third-order valence-corrected chi connectivity index (χ3v) is 4.80. The van der Waals surface area contributed by atoms with Gasteiger partial charge in [0.15, 0.2) is 5.11 Å². The number of thioether (sulfide) groups is 1. The summed E-state index contributed by atoms with van der Waals surface area (Å²) in [6.07, 6.45) is -4.51. The van der Waals surface area contributed by atoms with Crippen LogP contribution in [0.4, 0.5) is 18.9 Å². The standard InChI is InChI=1S/C17H16ClF3N2S2/c1-11-2-5-13(6-3-11)25-9-8-22-16(24)23-12-4-7-15(18)14(10-12)17(19,20)21/h2-7,10H,8-9H2,1H3,(H2,22,23,24). The van der Waals surface area contributed by atoms with E-state index >= 15 is 0 Å². The van der Waals surface area contributed by atoms with Crippen LogP contribution in [0.3, 0.4) is 0 Å². The first-order valence-electron chi connectivity index (χ1n) is 7.37. The zero-order valence-electron chi connectivity index (χ0n) is 13.3. The minimum atomic E-state index is -4.51. The summed E-state index contributed by atoms with van der Waals surface area (Å²) in [5, 5.41) is 5.63. The fourth-order valence-electron chi connectivity index (χ4n) is 1.96. The second-order valence-corrected chi connectivity index (χ2v) is 7.22. The lowest BCUT2D eigenvalue weighted by atomic mass is 10.2. The molecule has 134 valence electrons. The van der Waals surface area contributed by atoms with E-state index in [9.17, 15) is 13.2 Å². The Labute approximate surface area is 159 Å². The lowest BCUT2D eigenvalue weighted by Crippen LogP contribution is -2.30. The quantitative estimate of drug-likeness (QED) is 0.376. The molecule has 0 saturated heterocycles. The zero-order chi connectivity index (χ0) is 18.4. The number of hydrogen-bond donors (Lipinski definition) is 2. The number of rotatable bonds is 5. The van der Waals surface area contributed by atoms with Crippen molar-refractivity contribution in [2.75, 3.05) is 17.6 Å². The highest BCUT2D eigenvalue weighted by Gasteiger charge is 2.33. The fourth-order valence-corrected chi connectivity index (χ4v) is 3.18. The van der Waals surface area contributed by atoms with E-state index in [1.165, 1.54) is 17.7 Å². The normalized spacial score (nSPS) is 11.2. The molecular weight excluding hydrogens is 389 g/mol. The van der Waals surface area contributed by atoms with E-state index in [4.69, 9.17) is 23.8 Å². The molecule has 2 N–H and O–H groups in total. The fraction of sp³-hybridized carbons (Fsp3) is 0.235. The molecule has 2 aromatic rings. The van der Waals surface area contributed by atoms with Crippen LogP contribution in [-0.4, -0.2) is 17.4 Å². The minimum Gasteiger partial charge on any atom is -0.362 e. The minimum absolute atomic E-state index is 0.236. The van der Waals surface area contributed by atoms with Gasteiger partial charge >= 0.3 is 6.18 Å². The van der Waals surface area contributed by atoms with E-state index < -0.39 is 11.7 Å². The molecule has 0 spiro atoms. The number of anilines is 1. The van der Waals surface area contributed by atoms with Crippen molar-refractivity contribution in [3.05, 3.63) is 58.6 Å². The van der Waals surface area contributed by atoms with E-state index in [0.29, 0.717) is 6.54 Å². The summed E-state index contributed by atoms with van der Waals surface area (Å²) in [6, 6.07) is 11.8. The highest BCUT2D eigenvalue weighted by molar-refractivity contribution is 7.99. The second-order valence-electron chi connectivity index (χ2n) is 5.23. The van der Waals surface area contributed by atoms with Gasteiger partial charge in [0, 0.05) is 22.9 Å². The van der Waals surface area contributed by atoms with Gasteiger partial charge in [-0.15, -0.1) is 11.8 Å². The lowest BCUT2D eigenvalue weighted by molar-refractivity contribution is -0.137. The summed E-state index contributed by atoms with van der Waals surface area (Å²) < 4.78 is 38.5. The zero-order valence-corrected chi connectivity index (χ0v) is 15.7. The van der Waals surface area contributed by atoms with Crippen molar-refractivity contribution in [1.29, 1.82) is 0 Å². The van der Waals surface area contributed by atoms with Crippen LogP contribution in [0.15, 0.2) is 47.4 Å². The van der Waals surface area contributed by atoms with Gasteiger partial charge in [0.1, 0.15) is 0 Å². The van der Waals surface area contributed by atoms with Crippen LogP contribution in [0, 0.1) is 6.92 Å². The first kappa shape index (κ1) is 19.9. The highest BCUT2D eigenvalue weighted by Crippen LogP contribution is 2.36. The molecule has 0 fully saturated rings. The van der Waals surface area contributed by atoms with E-state index in [-0.39, 0.29) is 15.8 Å². The molecule has 0 aromatic heterocycles. The molecule has 0 aliphatic rings. The molecule has 8 heteroatoms. The first-order chi connectivity index (χ1) is 11.8. The van der Waals surface area contributed by atoms with Crippen molar-refractivity contribution in [3.8, 4) is 0 Å². The molecule has 2 rings (SSSR count). The van der Waals surface area contributed by atoms with E-state index in [0.717, 1.165) is 16.7 Å². The summed E-state index contributed by atoms with van der Waals surface area (Å²) >= 11 is 12.4. The van der Waals surface area contributed by atoms with Gasteiger partial charge in [-0.05, 0) is 49.5 Å². The van der Waals surface area contributed by atoms with E-state index in [1.54, 1.807) is 11.8 Å². The average Bonchev–Trinajstić information content (AvgIpc) is 2.54.